The molecule has 0 spiro atoms. The summed E-state index contributed by atoms with van der Waals surface area (Å²) in [6.07, 6.45) is 0.945. The number of nitrogens with zero attached hydrogens (tertiary/aromatic N) is 1. The van der Waals surface area contributed by atoms with Crippen LogP contribution in [0.5, 0.6) is 0 Å². The fourth-order valence-corrected chi connectivity index (χ4v) is 3.84. The number of rotatable bonds is 7. The fourth-order valence-electron chi connectivity index (χ4n) is 2.70. The number of hydrogen-bond acceptors (Lipinski definition) is 4. The van der Waals surface area contributed by atoms with Crippen molar-refractivity contribution in [2.45, 2.75) is 32.7 Å². The summed E-state index contributed by atoms with van der Waals surface area (Å²) < 4.78 is 0. The molecule has 1 aromatic heterocycles. The number of thiazole rings is 1. The van der Waals surface area contributed by atoms with Gasteiger partial charge in [0.15, 0.2) is 0 Å². The minimum Gasteiger partial charge on any atom is -0.350 e. The average molecular weight is 428 g/mol. The van der Waals surface area contributed by atoms with Crippen LogP contribution in [0.25, 0.3) is 10.6 Å². The SMILES string of the molecule is CCC(C)NC(=O)c1ccccc1NC(=O)Cc1csc(-c2ccccc2Cl)n1. The first-order valence-electron chi connectivity index (χ1n) is 9.37. The highest BCUT2D eigenvalue weighted by Gasteiger charge is 2.16. The molecule has 2 amide bonds. The minimum atomic E-state index is -0.232. The van der Waals surface area contributed by atoms with Crippen LogP contribution in [0.3, 0.4) is 0 Å². The number of para-hydroxylation sites is 1. The van der Waals surface area contributed by atoms with E-state index in [1.165, 1.54) is 11.3 Å². The number of halogens is 1. The standard InChI is InChI=1S/C22H22ClN3O2S/c1-3-14(2)24-21(28)17-9-5-7-11-19(17)26-20(27)12-15-13-29-22(25-15)16-8-4-6-10-18(16)23/h4-11,13-14H,3,12H2,1-2H3,(H,24,28)(H,26,27). The predicted octanol–water partition coefficient (Wildman–Crippen LogP) is 5.17. The van der Waals surface area contributed by atoms with Crippen LogP contribution in [0, 0.1) is 0 Å². The Kier molecular flexibility index (Phi) is 7.01. The molecular formula is C22H22ClN3O2S. The summed E-state index contributed by atoms with van der Waals surface area (Å²) in [5.74, 6) is -0.435. The van der Waals surface area contributed by atoms with Crippen molar-refractivity contribution in [3.8, 4) is 10.6 Å². The molecule has 0 radical (unpaired) electrons. The van der Waals surface area contributed by atoms with E-state index in [9.17, 15) is 9.59 Å². The van der Waals surface area contributed by atoms with Gasteiger partial charge in [0.25, 0.3) is 5.91 Å². The van der Waals surface area contributed by atoms with Crippen LogP contribution in [-0.4, -0.2) is 22.8 Å². The minimum absolute atomic E-state index is 0.0597. The molecule has 7 heteroatoms. The van der Waals surface area contributed by atoms with Crippen LogP contribution < -0.4 is 10.6 Å². The van der Waals surface area contributed by atoms with E-state index in [0.29, 0.717) is 22.0 Å². The fraction of sp³-hybridized carbons (Fsp3) is 0.227. The molecule has 1 unspecified atom stereocenters. The molecule has 2 N–H and O–H groups in total. The van der Waals surface area contributed by atoms with Crippen LogP contribution in [0.1, 0.15) is 36.3 Å². The lowest BCUT2D eigenvalue weighted by molar-refractivity contribution is -0.115. The van der Waals surface area contributed by atoms with Gasteiger partial charge in [0.1, 0.15) is 5.01 Å². The van der Waals surface area contributed by atoms with E-state index in [0.717, 1.165) is 17.0 Å². The van der Waals surface area contributed by atoms with Crippen LogP contribution in [0.15, 0.2) is 53.9 Å². The molecule has 0 aliphatic rings. The third kappa shape index (κ3) is 5.43. The number of aromatic nitrogens is 1. The Morgan fingerprint density at radius 3 is 2.62 bits per heavy atom. The normalized spacial score (nSPS) is 11.7. The van der Waals surface area contributed by atoms with Gasteiger partial charge in [-0.25, -0.2) is 4.98 Å². The second kappa shape index (κ2) is 9.67. The lowest BCUT2D eigenvalue weighted by Crippen LogP contribution is -2.32. The molecule has 0 aliphatic heterocycles. The van der Waals surface area contributed by atoms with Gasteiger partial charge in [-0.15, -0.1) is 11.3 Å². The summed E-state index contributed by atoms with van der Waals surface area (Å²) >= 11 is 7.67. The number of carbonyl (C=O) groups excluding carboxylic acids is 2. The van der Waals surface area contributed by atoms with Crippen molar-refractivity contribution in [2.24, 2.45) is 0 Å². The van der Waals surface area contributed by atoms with E-state index in [1.807, 2.05) is 43.5 Å². The summed E-state index contributed by atoms with van der Waals surface area (Å²) in [6, 6.07) is 14.5. The maximum absolute atomic E-state index is 12.5. The van der Waals surface area contributed by atoms with E-state index in [4.69, 9.17) is 11.6 Å². The van der Waals surface area contributed by atoms with Crippen LogP contribution >= 0.6 is 22.9 Å². The van der Waals surface area contributed by atoms with E-state index in [1.54, 1.807) is 24.3 Å². The largest absolute Gasteiger partial charge is 0.350 e. The summed E-state index contributed by atoms with van der Waals surface area (Å²) in [4.78, 5) is 29.5. The Hall–Kier alpha value is -2.70. The Morgan fingerprint density at radius 2 is 1.86 bits per heavy atom. The summed E-state index contributed by atoms with van der Waals surface area (Å²) in [6.45, 7) is 3.95. The molecule has 29 heavy (non-hydrogen) atoms. The van der Waals surface area contributed by atoms with Crippen LogP contribution in [0.2, 0.25) is 5.02 Å². The zero-order valence-corrected chi connectivity index (χ0v) is 17.8. The lowest BCUT2D eigenvalue weighted by atomic mass is 10.1. The molecule has 3 rings (SSSR count). The van der Waals surface area contributed by atoms with Crippen molar-refractivity contribution in [3.05, 3.63) is 70.2 Å². The van der Waals surface area contributed by atoms with Crippen molar-refractivity contribution in [3.63, 3.8) is 0 Å². The average Bonchev–Trinajstić information content (AvgIpc) is 3.16. The van der Waals surface area contributed by atoms with Gasteiger partial charge in [-0.1, -0.05) is 48.9 Å². The first-order chi connectivity index (χ1) is 14.0. The van der Waals surface area contributed by atoms with Gasteiger partial charge in [0, 0.05) is 17.0 Å². The van der Waals surface area contributed by atoms with E-state index in [2.05, 4.69) is 15.6 Å². The zero-order valence-electron chi connectivity index (χ0n) is 16.2. The molecule has 5 nitrogen and oxygen atoms in total. The Balaban J connectivity index is 1.69. The molecule has 0 fully saturated rings. The van der Waals surface area contributed by atoms with E-state index >= 15 is 0 Å². The first kappa shape index (κ1) is 21.0. The molecule has 0 saturated heterocycles. The Morgan fingerprint density at radius 1 is 1.14 bits per heavy atom. The molecule has 150 valence electrons. The van der Waals surface area contributed by atoms with E-state index < -0.39 is 0 Å². The van der Waals surface area contributed by atoms with Crippen LogP contribution in [-0.2, 0) is 11.2 Å². The highest BCUT2D eigenvalue weighted by atomic mass is 35.5. The molecule has 1 atom stereocenters. The summed E-state index contributed by atoms with van der Waals surface area (Å²) in [7, 11) is 0. The second-order valence-electron chi connectivity index (χ2n) is 6.68. The Labute approximate surface area is 179 Å². The molecule has 0 bridgehead atoms. The van der Waals surface area contributed by atoms with Gasteiger partial charge in [0.2, 0.25) is 5.91 Å². The molecule has 3 aromatic rings. The monoisotopic (exact) mass is 427 g/mol. The number of amides is 2. The quantitative estimate of drug-likeness (QED) is 0.546. The topological polar surface area (TPSA) is 71.1 Å². The number of nitrogens with one attached hydrogen (secondary N) is 2. The highest BCUT2D eigenvalue weighted by molar-refractivity contribution is 7.13. The number of benzene rings is 2. The molecule has 0 aliphatic carbocycles. The molecule has 2 aromatic carbocycles. The number of hydrogen-bond donors (Lipinski definition) is 2. The van der Waals surface area contributed by atoms with Gasteiger partial charge in [-0.2, -0.15) is 0 Å². The van der Waals surface area contributed by atoms with E-state index in [-0.39, 0.29) is 24.3 Å². The Bertz CT molecular complexity index is 1020. The second-order valence-corrected chi connectivity index (χ2v) is 7.94. The van der Waals surface area contributed by atoms with Gasteiger partial charge < -0.3 is 10.6 Å². The van der Waals surface area contributed by atoms with Crippen molar-refractivity contribution in [1.29, 1.82) is 0 Å². The van der Waals surface area contributed by atoms with Gasteiger partial charge in [-0.05, 0) is 31.5 Å². The maximum atomic E-state index is 12.5. The highest BCUT2D eigenvalue weighted by Crippen LogP contribution is 2.30. The third-order valence-corrected chi connectivity index (χ3v) is 5.69. The smallest absolute Gasteiger partial charge is 0.253 e. The maximum Gasteiger partial charge on any atom is 0.253 e. The third-order valence-electron chi connectivity index (χ3n) is 4.43. The van der Waals surface area contributed by atoms with Crippen molar-refractivity contribution < 1.29 is 9.59 Å². The lowest BCUT2D eigenvalue weighted by Gasteiger charge is -2.14. The molecule has 1 heterocycles. The van der Waals surface area contributed by atoms with Crippen molar-refractivity contribution >= 4 is 40.4 Å². The predicted molar refractivity (Wildman–Crippen MR) is 119 cm³/mol. The van der Waals surface area contributed by atoms with Crippen molar-refractivity contribution in [1.82, 2.24) is 10.3 Å². The molecule has 0 saturated carbocycles. The zero-order chi connectivity index (χ0) is 20.8. The molecular weight excluding hydrogens is 406 g/mol. The van der Waals surface area contributed by atoms with Crippen LogP contribution in [0.4, 0.5) is 5.69 Å². The van der Waals surface area contributed by atoms with Gasteiger partial charge in [-0.3, -0.25) is 9.59 Å². The number of anilines is 1. The van der Waals surface area contributed by atoms with Gasteiger partial charge >= 0.3 is 0 Å². The summed E-state index contributed by atoms with van der Waals surface area (Å²) in [5, 5.41) is 8.99. The van der Waals surface area contributed by atoms with Crippen molar-refractivity contribution in [2.75, 3.05) is 5.32 Å². The number of carbonyl (C=O) groups is 2. The first-order valence-corrected chi connectivity index (χ1v) is 10.6. The van der Waals surface area contributed by atoms with Gasteiger partial charge in [0.05, 0.1) is 28.4 Å². The summed E-state index contributed by atoms with van der Waals surface area (Å²) in [5.41, 5.74) is 2.43.